The molecule has 0 bridgehead atoms. The Morgan fingerprint density at radius 3 is 1.43 bits per heavy atom. The molecule has 12 atom stereocenters. The minimum absolute atomic E-state index is 0.252. The molecule has 2 heterocycles. The highest BCUT2D eigenvalue weighted by Gasteiger charge is 2.51. The maximum atomic E-state index is 13.2. The second-order valence-electron chi connectivity index (χ2n) is 20.7. The first-order valence-corrected chi connectivity index (χ1v) is 29.5. The highest BCUT2D eigenvalue weighted by Crippen LogP contribution is 2.30. The molecule has 2 rings (SSSR count). The number of unbranched alkanes of at least 4 members (excludes halogenated alkanes) is 25. The molecule has 0 radical (unpaired) electrons. The lowest BCUT2D eigenvalue weighted by Crippen LogP contribution is -2.65. The molecule has 0 aromatic carbocycles. The van der Waals surface area contributed by atoms with Crippen molar-refractivity contribution in [1.29, 1.82) is 0 Å². The van der Waals surface area contributed by atoms with Crippen LogP contribution in [0.15, 0.2) is 60.8 Å². The normalized spacial score (nSPS) is 25.6. The number of ether oxygens (including phenoxy) is 4. The van der Waals surface area contributed by atoms with Gasteiger partial charge < -0.3 is 65.1 Å². The Kier molecular flexibility index (Phi) is 41.9. The predicted octanol–water partition coefficient (Wildman–Crippen LogP) is 9.78. The molecule has 0 spiro atoms. The molecule has 0 saturated carbocycles. The Labute approximate surface area is 447 Å². The van der Waals surface area contributed by atoms with E-state index in [9.17, 15) is 45.6 Å². The largest absolute Gasteiger partial charge is 0.394 e. The average molecular weight is 1050 g/mol. The number of aliphatic hydroxyl groups excluding tert-OH is 8. The molecule has 430 valence electrons. The SMILES string of the molecule is CCCCC/C=C\C/C=C\CCCCCCCC(=O)NC(COC1OC(CO)C(OC2OC(CO)C(O)C(O)C2O)C(O)C1O)C(O)/C=C/CC/C=C/CC/C=C/CCCCCCCCCCCCCCCCC. The fraction of sp³-hybridized carbons (Fsp3) is 0.817. The summed E-state index contributed by atoms with van der Waals surface area (Å²) in [6, 6.07) is -0.947. The van der Waals surface area contributed by atoms with Crippen molar-refractivity contribution < 1.29 is 64.6 Å². The number of nitrogens with one attached hydrogen (secondary N) is 1. The van der Waals surface area contributed by atoms with Gasteiger partial charge in [-0.15, -0.1) is 0 Å². The molecule has 2 saturated heterocycles. The molecule has 1 amide bonds. The summed E-state index contributed by atoms with van der Waals surface area (Å²) >= 11 is 0. The second-order valence-corrected chi connectivity index (χ2v) is 20.7. The standard InChI is InChI=1S/C60H107NO13/c1-3-5-7-9-11-13-15-17-19-20-21-22-23-24-25-26-27-28-30-31-33-35-37-39-41-43-49(64)48(61-52(65)44-42-40-38-36-34-32-29-18-16-14-12-10-8-6-4-2)47-71-59-57(70)55(68)58(51(46-63)73-59)74-60-56(69)54(67)53(66)50(45-62)72-60/h12,14,18,27-29,33,35,41,43,48-51,53-60,62-64,66-70H,3-11,13,15-17,19-26,30-32,34,36-40,42,44-47H2,1-2H3,(H,61,65)/b14-12-,28-27+,29-18-,35-33+,43-41+. The molecule has 12 unspecified atom stereocenters. The Morgan fingerprint density at radius 2 is 0.905 bits per heavy atom. The van der Waals surface area contributed by atoms with Gasteiger partial charge in [0.05, 0.1) is 32.0 Å². The van der Waals surface area contributed by atoms with E-state index in [2.05, 4.69) is 67.8 Å². The van der Waals surface area contributed by atoms with E-state index < -0.39 is 86.8 Å². The number of carbonyl (C=O) groups is 1. The van der Waals surface area contributed by atoms with Gasteiger partial charge in [0, 0.05) is 6.42 Å². The Balaban J connectivity index is 1.79. The van der Waals surface area contributed by atoms with E-state index in [0.29, 0.717) is 12.8 Å². The van der Waals surface area contributed by atoms with Crippen LogP contribution in [0.4, 0.5) is 0 Å². The highest BCUT2D eigenvalue weighted by molar-refractivity contribution is 5.76. The third-order valence-electron chi connectivity index (χ3n) is 14.2. The fourth-order valence-electron chi connectivity index (χ4n) is 9.35. The first kappa shape index (κ1) is 67.8. The number of carbonyl (C=O) groups excluding carboxylic acids is 1. The van der Waals surface area contributed by atoms with E-state index in [1.165, 1.54) is 116 Å². The average Bonchev–Trinajstić information content (AvgIpc) is 3.40. The van der Waals surface area contributed by atoms with Crippen molar-refractivity contribution in [2.75, 3.05) is 19.8 Å². The zero-order chi connectivity index (χ0) is 53.9. The van der Waals surface area contributed by atoms with Gasteiger partial charge in [-0.25, -0.2) is 0 Å². The summed E-state index contributed by atoms with van der Waals surface area (Å²) in [6.45, 7) is 2.73. The topological polar surface area (TPSA) is 228 Å². The van der Waals surface area contributed by atoms with Gasteiger partial charge in [0.2, 0.25) is 5.91 Å². The molecule has 2 aliphatic heterocycles. The summed E-state index contributed by atoms with van der Waals surface area (Å²) in [5.74, 6) is -0.269. The maximum Gasteiger partial charge on any atom is 0.220 e. The molecule has 74 heavy (non-hydrogen) atoms. The van der Waals surface area contributed by atoms with Gasteiger partial charge in [0.25, 0.3) is 0 Å². The summed E-state index contributed by atoms with van der Waals surface area (Å²) in [5, 5.41) is 87.0. The van der Waals surface area contributed by atoms with Crippen LogP contribution in [-0.4, -0.2) is 140 Å². The summed E-state index contributed by atoms with van der Waals surface area (Å²) < 4.78 is 22.7. The van der Waals surface area contributed by atoms with Gasteiger partial charge in [-0.3, -0.25) is 4.79 Å². The van der Waals surface area contributed by atoms with Crippen LogP contribution >= 0.6 is 0 Å². The Morgan fingerprint density at radius 1 is 0.486 bits per heavy atom. The number of hydrogen-bond donors (Lipinski definition) is 9. The lowest BCUT2D eigenvalue weighted by Gasteiger charge is -2.46. The smallest absolute Gasteiger partial charge is 0.220 e. The van der Waals surface area contributed by atoms with Crippen LogP contribution in [0.3, 0.4) is 0 Å². The summed E-state index contributed by atoms with van der Waals surface area (Å²) in [4.78, 5) is 13.2. The van der Waals surface area contributed by atoms with Crippen molar-refractivity contribution in [3.8, 4) is 0 Å². The Bertz CT molecular complexity index is 1470. The minimum Gasteiger partial charge on any atom is -0.394 e. The molecule has 14 heteroatoms. The van der Waals surface area contributed by atoms with Gasteiger partial charge in [0.15, 0.2) is 12.6 Å². The van der Waals surface area contributed by atoms with Crippen LogP contribution in [0.5, 0.6) is 0 Å². The van der Waals surface area contributed by atoms with E-state index in [-0.39, 0.29) is 18.9 Å². The number of amides is 1. The second kappa shape index (κ2) is 45.7. The van der Waals surface area contributed by atoms with Gasteiger partial charge in [-0.1, -0.05) is 197 Å². The minimum atomic E-state index is -1.80. The van der Waals surface area contributed by atoms with Crippen molar-refractivity contribution in [2.24, 2.45) is 0 Å². The first-order chi connectivity index (χ1) is 36.1. The van der Waals surface area contributed by atoms with Crippen molar-refractivity contribution in [3.05, 3.63) is 60.8 Å². The van der Waals surface area contributed by atoms with E-state index >= 15 is 0 Å². The molecule has 14 nitrogen and oxygen atoms in total. The molecule has 9 N–H and O–H groups in total. The van der Waals surface area contributed by atoms with Crippen LogP contribution in [0.2, 0.25) is 0 Å². The molecular weight excluding hydrogens is 943 g/mol. The third-order valence-corrected chi connectivity index (χ3v) is 14.2. The van der Waals surface area contributed by atoms with Crippen LogP contribution in [0.1, 0.15) is 219 Å². The van der Waals surface area contributed by atoms with Gasteiger partial charge in [0.1, 0.15) is 48.8 Å². The molecule has 0 aliphatic carbocycles. The van der Waals surface area contributed by atoms with Gasteiger partial charge in [-0.05, 0) is 77.0 Å². The van der Waals surface area contributed by atoms with E-state index in [1.54, 1.807) is 6.08 Å². The van der Waals surface area contributed by atoms with E-state index in [1.807, 2.05) is 6.08 Å². The lowest BCUT2D eigenvalue weighted by atomic mass is 9.97. The molecule has 2 aliphatic rings. The Hall–Kier alpha value is -2.31. The van der Waals surface area contributed by atoms with Crippen LogP contribution in [0.25, 0.3) is 0 Å². The molecular formula is C60H107NO13. The fourth-order valence-corrected chi connectivity index (χ4v) is 9.35. The van der Waals surface area contributed by atoms with Crippen molar-refractivity contribution in [2.45, 2.75) is 293 Å². The van der Waals surface area contributed by atoms with Crippen LogP contribution in [0, 0.1) is 0 Å². The first-order valence-electron chi connectivity index (χ1n) is 29.5. The third kappa shape index (κ3) is 31.2. The summed E-state index contributed by atoms with van der Waals surface area (Å²) in [6.07, 6.45) is 41.2. The zero-order valence-electron chi connectivity index (χ0n) is 46.1. The quantitative estimate of drug-likeness (QED) is 0.0205. The van der Waals surface area contributed by atoms with Crippen LogP contribution in [-0.2, 0) is 23.7 Å². The van der Waals surface area contributed by atoms with Crippen LogP contribution < -0.4 is 5.32 Å². The molecule has 0 aromatic rings. The summed E-state index contributed by atoms with van der Waals surface area (Å²) in [5.41, 5.74) is 0. The molecule has 0 aromatic heterocycles. The van der Waals surface area contributed by atoms with Crippen molar-refractivity contribution >= 4 is 5.91 Å². The number of aliphatic hydroxyl groups is 8. The van der Waals surface area contributed by atoms with Gasteiger partial charge in [-0.2, -0.15) is 0 Å². The van der Waals surface area contributed by atoms with E-state index in [0.717, 1.165) is 70.6 Å². The van der Waals surface area contributed by atoms with Gasteiger partial charge >= 0.3 is 0 Å². The predicted molar refractivity (Wildman–Crippen MR) is 295 cm³/mol. The lowest BCUT2D eigenvalue weighted by molar-refractivity contribution is -0.359. The highest BCUT2D eigenvalue weighted by atomic mass is 16.7. The summed E-state index contributed by atoms with van der Waals surface area (Å²) in [7, 11) is 0. The zero-order valence-corrected chi connectivity index (χ0v) is 46.1. The maximum absolute atomic E-state index is 13.2. The number of allylic oxidation sites excluding steroid dienone is 9. The molecule has 2 fully saturated rings. The van der Waals surface area contributed by atoms with E-state index in [4.69, 9.17) is 18.9 Å². The van der Waals surface area contributed by atoms with Crippen molar-refractivity contribution in [3.63, 3.8) is 0 Å². The monoisotopic (exact) mass is 1050 g/mol. The number of rotatable bonds is 46. The number of hydrogen-bond acceptors (Lipinski definition) is 13. The van der Waals surface area contributed by atoms with Crippen molar-refractivity contribution in [1.82, 2.24) is 5.32 Å².